The van der Waals surface area contributed by atoms with Crippen molar-refractivity contribution in [1.82, 2.24) is 5.32 Å². The van der Waals surface area contributed by atoms with Crippen molar-refractivity contribution < 1.29 is 14.6 Å². The van der Waals surface area contributed by atoms with Crippen molar-refractivity contribution in [2.45, 2.75) is 30.6 Å². The van der Waals surface area contributed by atoms with E-state index in [-0.39, 0.29) is 11.5 Å². The second-order valence-electron chi connectivity index (χ2n) is 5.57. The molecule has 1 aromatic carbocycles. The number of aliphatic hydroxyl groups is 1. The van der Waals surface area contributed by atoms with Gasteiger partial charge in [-0.1, -0.05) is 18.2 Å². The molecule has 4 heteroatoms. The van der Waals surface area contributed by atoms with E-state index in [1.807, 2.05) is 12.1 Å². The number of rotatable bonds is 1. The van der Waals surface area contributed by atoms with Crippen molar-refractivity contribution >= 4 is 0 Å². The zero-order valence-corrected chi connectivity index (χ0v) is 10.8. The summed E-state index contributed by atoms with van der Waals surface area (Å²) in [6.07, 6.45) is 4.17. The Labute approximate surface area is 112 Å². The van der Waals surface area contributed by atoms with Gasteiger partial charge < -0.3 is 19.9 Å². The molecule has 4 nitrogen and oxygen atoms in total. The molecule has 3 unspecified atom stereocenters. The van der Waals surface area contributed by atoms with E-state index in [4.69, 9.17) is 9.47 Å². The van der Waals surface area contributed by atoms with Gasteiger partial charge in [0.05, 0.1) is 13.2 Å². The lowest BCUT2D eigenvalue weighted by Crippen LogP contribution is -2.49. The van der Waals surface area contributed by atoms with Crippen LogP contribution in [0.1, 0.15) is 23.5 Å². The highest BCUT2D eigenvalue weighted by Gasteiger charge is 2.52. The van der Waals surface area contributed by atoms with Crippen LogP contribution in [0.5, 0.6) is 11.5 Å². The number of hydrogen-bond acceptors (Lipinski definition) is 4. The monoisotopic (exact) mass is 259 g/mol. The summed E-state index contributed by atoms with van der Waals surface area (Å²) in [5, 5.41) is 13.4. The molecule has 1 aromatic rings. The number of ether oxygens (including phenoxy) is 2. The third-order valence-corrected chi connectivity index (χ3v) is 4.47. The first-order valence-corrected chi connectivity index (χ1v) is 6.69. The number of aliphatic hydroxyl groups excluding tert-OH is 1. The van der Waals surface area contributed by atoms with E-state index in [1.165, 1.54) is 11.1 Å². The molecule has 0 saturated heterocycles. The molecular formula is C15H17NO3. The van der Waals surface area contributed by atoms with Gasteiger partial charge in [-0.05, 0) is 11.6 Å². The fraction of sp³-hybridized carbons (Fsp3) is 0.467. The average molecular weight is 259 g/mol. The highest BCUT2D eigenvalue weighted by atomic mass is 16.5. The maximum Gasteiger partial charge on any atom is 0.166 e. The summed E-state index contributed by atoms with van der Waals surface area (Å²) in [6.45, 7) is 1.60. The Hall–Kier alpha value is -1.52. The average Bonchev–Trinajstić information content (AvgIpc) is 2.63. The number of nitrogens with one attached hydrogen (secondary N) is 1. The van der Waals surface area contributed by atoms with Gasteiger partial charge in [0.1, 0.15) is 5.60 Å². The van der Waals surface area contributed by atoms with E-state index in [9.17, 15) is 5.11 Å². The van der Waals surface area contributed by atoms with Gasteiger partial charge in [0.2, 0.25) is 0 Å². The summed E-state index contributed by atoms with van der Waals surface area (Å²) in [5.74, 6) is 1.87. The molecule has 0 aromatic heterocycles. The van der Waals surface area contributed by atoms with Gasteiger partial charge in [-0.15, -0.1) is 0 Å². The van der Waals surface area contributed by atoms with Crippen LogP contribution in [0.2, 0.25) is 0 Å². The molecule has 2 bridgehead atoms. The van der Waals surface area contributed by atoms with Crippen molar-refractivity contribution in [3.63, 3.8) is 0 Å². The Morgan fingerprint density at radius 1 is 1.42 bits per heavy atom. The van der Waals surface area contributed by atoms with E-state index in [0.29, 0.717) is 6.42 Å². The zero-order chi connectivity index (χ0) is 13.0. The molecule has 0 fully saturated rings. The SMILES string of the molecule is COc1ccc2c3c1OC1(CNC2)CC(O)C=CC31. The lowest BCUT2D eigenvalue weighted by atomic mass is 9.76. The molecule has 3 aliphatic rings. The molecule has 19 heavy (non-hydrogen) atoms. The van der Waals surface area contributed by atoms with Crippen LogP contribution in [0, 0.1) is 0 Å². The summed E-state index contributed by atoms with van der Waals surface area (Å²) < 4.78 is 11.7. The first-order chi connectivity index (χ1) is 9.23. The second-order valence-corrected chi connectivity index (χ2v) is 5.57. The highest BCUT2D eigenvalue weighted by molar-refractivity contribution is 5.59. The first kappa shape index (κ1) is 11.3. The lowest BCUT2D eigenvalue weighted by molar-refractivity contribution is 0.0242. The Kier molecular flexibility index (Phi) is 2.23. The number of benzene rings is 1. The van der Waals surface area contributed by atoms with Crippen LogP contribution in [-0.4, -0.2) is 30.5 Å². The molecule has 0 amide bonds. The predicted molar refractivity (Wildman–Crippen MR) is 70.6 cm³/mol. The molecule has 2 N–H and O–H groups in total. The summed E-state index contributed by atoms with van der Waals surface area (Å²) in [7, 11) is 1.67. The van der Waals surface area contributed by atoms with Gasteiger partial charge >= 0.3 is 0 Å². The van der Waals surface area contributed by atoms with Crippen molar-refractivity contribution in [3.05, 3.63) is 35.4 Å². The van der Waals surface area contributed by atoms with E-state index in [2.05, 4.69) is 17.5 Å². The standard InChI is InChI=1S/C15H17NO3/c1-18-12-5-2-9-7-16-8-15-6-10(17)3-4-11(15)13(9)14(12)19-15/h2-5,10-11,16-17H,6-8H2,1H3. The molecule has 2 heterocycles. The topological polar surface area (TPSA) is 50.7 Å². The highest BCUT2D eigenvalue weighted by Crippen LogP contribution is 2.55. The van der Waals surface area contributed by atoms with E-state index in [1.54, 1.807) is 7.11 Å². The maximum absolute atomic E-state index is 9.94. The Morgan fingerprint density at radius 3 is 3.16 bits per heavy atom. The molecule has 0 saturated carbocycles. The minimum absolute atomic E-state index is 0.214. The van der Waals surface area contributed by atoms with Gasteiger partial charge in [0.25, 0.3) is 0 Å². The van der Waals surface area contributed by atoms with Crippen LogP contribution in [0.3, 0.4) is 0 Å². The lowest BCUT2D eigenvalue weighted by Gasteiger charge is -2.36. The van der Waals surface area contributed by atoms with Crippen molar-refractivity contribution in [1.29, 1.82) is 0 Å². The minimum atomic E-state index is -0.431. The van der Waals surface area contributed by atoms with Crippen molar-refractivity contribution in [3.8, 4) is 11.5 Å². The molecule has 0 spiro atoms. The van der Waals surface area contributed by atoms with Crippen LogP contribution in [0.4, 0.5) is 0 Å². The van der Waals surface area contributed by atoms with Crippen LogP contribution in [0.15, 0.2) is 24.3 Å². The molecule has 0 radical (unpaired) electrons. The molecule has 1 aliphatic carbocycles. The first-order valence-electron chi connectivity index (χ1n) is 6.69. The van der Waals surface area contributed by atoms with Gasteiger partial charge in [-0.25, -0.2) is 0 Å². The van der Waals surface area contributed by atoms with Crippen LogP contribution >= 0.6 is 0 Å². The Morgan fingerprint density at radius 2 is 2.32 bits per heavy atom. The van der Waals surface area contributed by atoms with Crippen LogP contribution in [0.25, 0.3) is 0 Å². The van der Waals surface area contributed by atoms with Crippen molar-refractivity contribution in [2.24, 2.45) is 0 Å². The largest absolute Gasteiger partial charge is 0.493 e. The fourth-order valence-corrected chi connectivity index (χ4v) is 3.64. The van der Waals surface area contributed by atoms with Crippen LogP contribution in [-0.2, 0) is 6.54 Å². The molecule has 4 rings (SSSR count). The summed E-state index contributed by atoms with van der Waals surface area (Å²) in [5.41, 5.74) is 2.13. The minimum Gasteiger partial charge on any atom is -0.493 e. The predicted octanol–water partition coefficient (Wildman–Crippen LogP) is 1.33. The molecule has 2 aliphatic heterocycles. The summed E-state index contributed by atoms with van der Waals surface area (Å²) >= 11 is 0. The summed E-state index contributed by atoms with van der Waals surface area (Å²) in [4.78, 5) is 0. The third-order valence-electron chi connectivity index (χ3n) is 4.47. The number of methoxy groups -OCH3 is 1. The van der Waals surface area contributed by atoms with E-state index < -0.39 is 6.10 Å². The van der Waals surface area contributed by atoms with Gasteiger partial charge in [0.15, 0.2) is 11.5 Å². The summed E-state index contributed by atoms with van der Waals surface area (Å²) in [6, 6.07) is 4.07. The van der Waals surface area contributed by atoms with Gasteiger partial charge in [-0.2, -0.15) is 0 Å². The Balaban J connectivity index is 1.95. The third kappa shape index (κ3) is 1.41. The van der Waals surface area contributed by atoms with Crippen molar-refractivity contribution in [2.75, 3.05) is 13.7 Å². The van der Waals surface area contributed by atoms with E-state index >= 15 is 0 Å². The smallest absolute Gasteiger partial charge is 0.166 e. The second kappa shape index (κ2) is 3.74. The zero-order valence-electron chi connectivity index (χ0n) is 10.8. The quantitative estimate of drug-likeness (QED) is 0.747. The van der Waals surface area contributed by atoms with Gasteiger partial charge in [0, 0.05) is 31.0 Å². The van der Waals surface area contributed by atoms with Crippen LogP contribution < -0.4 is 14.8 Å². The normalized spacial score (nSPS) is 34.4. The van der Waals surface area contributed by atoms with Gasteiger partial charge in [-0.3, -0.25) is 0 Å². The Bertz CT molecular complexity index is 569. The molecular weight excluding hydrogens is 242 g/mol. The maximum atomic E-state index is 9.94. The van der Waals surface area contributed by atoms with E-state index in [0.717, 1.165) is 24.6 Å². The number of hydrogen-bond donors (Lipinski definition) is 2. The molecule has 100 valence electrons. The fourth-order valence-electron chi connectivity index (χ4n) is 3.64. The molecule has 3 atom stereocenters.